The summed E-state index contributed by atoms with van der Waals surface area (Å²) in [4.78, 5) is 15.8. The molecule has 0 atom stereocenters. The van der Waals surface area contributed by atoms with Crippen molar-refractivity contribution in [3.63, 3.8) is 0 Å². The Morgan fingerprint density at radius 2 is 2.11 bits per heavy atom. The van der Waals surface area contributed by atoms with Gasteiger partial charge in [-0.15, -0.1) is 0 Å². The van der Waals surface area contributed by atoms with Gasteiger partial charge in [0.15, 0.2) is 0 Å². The van der Waals surface area contributed by atoms with Crippen LogP contribution in [0, 0.1) is 0 Å². The summed E-state index contributed by atoms with van der Waals surface area (Å²) in [6, 6.07) is 9.19. The van der Waals surface area contributed by atoms with Crippen LogP contribution in [0.4, 0.5) is 0 Å². The van der Waals surface area contributed by atoms with Crippen molar-refractivity contribution in [1.29, 1.82) is 0 Å². The van der Waals surface area contributed by atoms with E-state index in [1.807, 2.05) is 31.2 Å². The molecule has 18 heavy (non-hydrogen) atoms. The van der Waals surface area contributed by atoms with Crippen molar-refractivity contribution in [1.82, 2.24) is 4.98 Å². The van der Waals surface area contributed by atoms with E-state index in [9.17, 15) is 4.79 Å². The van der Waals surface area contributed by atoms with Gasteiger partial charge in [-0.25, -0.2) is 9.78 Å². The molecule has 0 unspecified atom stereocenters. The van der Waals surface area contributed by atoms with E-state index >= 15 is 0 Å². The largest absolute Gasteiger partial charge is 0.491 e. The van der Waals surface area contributed by atoms with Crippen LogP contribution in [0.5, 0.6) is 5.75 Å². The van der Waals surface area contributed by atoms with Gasteiger partial charge in [0.1, 0.15) is 17.0 Å². The maximum atomic E-state index is 11.5. The van der Waals surface area contributed by atoms with E-state index in [1.54, 1.807) is 6.07 Å². The fraction of sp³-hybridized carbons (Fsp3) is 0.286. The highest BCUT2D eigenvalue weighted by Crippen LogP contribution is 2.24. The van der Waals surface area contributed by atoms with Crippen molar-refractivity contribution in [2.75, 3.05) is 13.7 Å². The maximum Gasteiger partial charge on any atom is 0.356 e. The SMILES string of the molecule is CCCOc1cccc2ccc(C(=O)OC)nc12. The Bertz CT molecular complexity index is 566. The van der Waals surface area contributed by atoms with Crippen molar-refractivity contribution in [2.45, 2.75) is 13.3 Å². The molecular formula is C14H15NO3. The molecule has 0 saturated carbocycles. The van der Waals surface area contributed by atoms with Crippen LogP contribution in [0.3, 0.4) is 0 Å². The third kappa shape index (κ3) is 2.42. The first-order valence-corrected chi connectivity index (χ1v) is 5.87. The van der Waals surface area contributed by atoms with E-state index < -0.39 is 5.97 Å². The van der Waals surface area contributed by atoms with Crippen LogP contribution < -0.4 is 4.74 Å². The molecule has 0 saturated heterocycles. The molecule has 1 aromatic heterocycles. The number of methoxy groups -OCH3 is 1. The highest BCUT2D eigenvalue weighted by Gasteiger charge is 2.10. The summed E-state index contributed by atoms with van der Waals surface area (Å²) in [7, 11) is 1.34. The Kier molecular flexibility index (Phi) is 3.77. The molecule has 0 N–H and O–H groups in total. The van der Waals surface area contributed by atoms with Gasteiger partial charge in [0, 0.05) is 5.39 Å². The van der Waals surface area contributed by atoms with Gasteiger partial charge in [-0.2, -0.15) is 0 Å². The number of fused-ring (bicyclic) bond motifs is 1. The number of nitrogens with zero attached hydrogens (tertiary/aromatic N) is 1. The van der Waals surface area contributed by atoms with Gasteiger partial charge in [0.05, 0.1) is 13.7 Å². The zero-order valence-corrected chi connectivity index (χ0v) is 10.5. The minimum absolute atomic E-state index is 0.289. The molecule has 0 bridgehead atoms. The van der Waals surface area contributed by atoms with Gasteiger partial charge >= 0.3 is 5.97 Å². The molecule has 0 aliphatic heterocycles. The van der Waals surface area contributed by atoms with E-state index in [0.29, 0.717) is 17.9 Å². The first kappa shape index (κ1) is 12.4. The number of hydrogen-bond donors (Lipinski definition) is 0. The summed E-state index contributed by atoms with van der Waals surface area (Å²) >= 11 is 0. The molecule has 0 spiro atoms. The number of carbonyl (C=O) groups is 1. The van der Waals surface area contributed by atoms with Gasteiger partial charge in [-0.3, -0.25) is 0 Å². The molecule has 1 aromatic carbocycles. The topological polar surface area (TPSA) is 48.4 Å². The lowest BCUT2D eigenvalue weighted by molar-refractivity contribution is 0.0594. The molecular weight excluding hydrogens is 230 g/mol. The van der Waals surface area contributed by atoms with Crippen molar-refractivity contribution in [2.24, 2.45) is 0 Å². The van der Waals surface area contributed by atoms with Crippen molar-refractivity contribution < 1.29 is 14.3 Å². The second-order valence-electron chi connectivity index (χ2n) is 3.86. The molecule has 94 valence electrons. The maximum absolute atomic E-state index is 11.5. The van der Waals surface area contributed by atoms with Crippen molar-refractivity contribution in [3.05, 3.63) is 36.0 Å². The summed E-state index contributed by atoms with van der Waals surface area (Å²) < 4.78 is 10.3. The number of benzene rings is 1. The highest BCUT2D eigenvalue weighted by molar-refractivity contribution is 5.92. The smallest absolute Gasteiger partial charge is 0.356 e. The Morgan fingerprint density at radius 3 is 2.83 bits per heavy atom. The van der Waals surface area contributed by atoms with Gasteiger partial charge in [0.2, 0.25) is 0 Å². The zero-order chi connectivity index (χ0) is 13.0. The number of ether oxygens (including phenoxy) is 2. The lowest BCUT2D eigenvalue weighted by atomic mass is 10.2. The van der Waals surface area contributed by atoms with Crippen LogP contribution in [-0.4, -0.2) is 24.7 Å². The van der Waals surface area contributed by atoms with Gasteiger partial charge in [-0.1, -0.05) is 25.1 Å². The normalized spacial score (nSPS) is 10.3. The third-order valence-corrected chi connectivity index (χ3v) is 2.54. The van der Waals surface area contributed by atoms with Gasteiger partial charge in [0.25, 0.3) is 0 Å². The second kappa shape index (κ2) is 5.49. The molecule has 0 amide bonds. The van der Waals surface area contributed by atoms with Crippen molar-refractivity contribution >= 4 is 16.9 Å². The molecule has 0 aliphatic rings. The van der Waals surface area contributed by atoms with Crippen LogP contribution in [0.15, 0.2) is 30.3 Å². The Morgan fingerprint density at radius 1 is 1.28 bits per heavy atom. The Hall–Kier alpha value is -2.10. The van der Waals surface area contributed by atoms with Gasteiger partial charge < -0.3 is 9.47 Å². The molecule has 1 heterocycles. The summed E-state index contributed by atoms with van der Waals surface area (Å²) in [6.07, 6.45) is 0.924. The first-order chi connectivity index (χ1) is 8.76. The number of esters is 1. The fourth-order valence-corrected chi connectivity index (χ4v) is 1.67. The van der Waals surface area contributed by atoms with Crippen LogP contribution in [-0.2, 0) is 4.74 Å². The number of hydrogen-bond acceptors (Lipinski definition) is 4. The van der Waals surface area contributed by atoms with E-state index in [4.69, 9.17) is 4.74 Å². The Balaban J connectivity index is 2.47. The van der Waals surface area contributed by atoms with Gasteiger partial charge in [-0.05, 0) is 18.6 Å². The Labute approximate surface area is 106 Å². The molecule has 4 nitrogen and oxygen atoms in total. The summed E-state index contributed by atoms with van der Waals surface area (Å²) in [5.41, 5.74) is 0.978. The number of pyridine rings is 1. The van der Waals surface area contributed by atoms with Crippen molar-refractivity contribution in [3.8, 4) is 5.75 Å². The number of para-hydroxylation sites is 1. The molecule has 0 radical (unpaired) electrons. The van der Waals surface area contributed by atoms with E-state index in [0.717, 1.165) is 11.8 Å². The van der Waals surface area contributed by atoms with Crippen LogP contribution in [0.2, 0.25) is 0 Å². The highest BCUT2D eigenvalue weighted by atomic mass is 16.5. The number of rotatable bonds is 4. The zero-order valence-electron chi connectivity index (χ0n) is 10.5. The minimum atomic E-state index is -0.442. The van der Waals surface area contributed by atoms with E-state index in [1.165, 1.54) is 7.11 Å². The summed E-state index contributed by atoms with van der Waals surface area (Å²) in [5.74, 6) is 0.252. The van der Waals surface area contributed by atoms with E-state index in [-0.39, 0.29) is 5.69 Å². The lowest BCUT2D eigenvalue weighted by Gasteiger charge is -2.08. The lowest BCUT2D eigenvalue weighted by Crippen LogP contribution is -2.04. The first-order valence-electron chi connectivity index (χ1n) is 5.87. The number of aromatic nitrogens is 1. The standard InChI is InChI=1S/C14H15NO3/c1-3-9-18-12-6-4-5-10-7-8-11(14(16)17-2)15-13(10)12/h4-8H,3,9H2,1-2H3. The predicted molar refractivity (Wildman–Crippen MR) is 68.9 cm³/mol. The molecule has 0 aliphatic carbocycles. The summed E-state index contributed by atoms with van der Waals surface area (Å²) in [5, 5.41) is 0.941. The average Bonchev–Trinajstić information content (AvgIpc) is 2.43. The van der Waals surface area contributed by atoms with Crippen LogP contribution in [0.25, 0.3) is 10.9 Å². The molecule has 4 heteroatoms. The summed E-state index contributed by atoms with van der Waals surface area (Å²) in [6.45, 7) is 2.67. The van der Waals surface area contributed by atoms with Crippen LogP contribution >= 0.6 is 0 Å². The minimum Gasteiger partial charge on any atom is -0.491 e. The van der Waals surface area contributed by atoms with Crippen LogP contribution in [0.1, 0.15) is 23.8 Å². The number of carbonyl (C=O) groups excluding carboxylic acids is 1. The average molecular weight is 245 g/mol. The molecule has 2 aromatic rings. The quantitative estimate of drug-likeness (QED) is 0.777. The monoisotopic (exact) mass is 245 g/mol. The fourth-order valence-electron chi connectivity index (χ4n) is 1.67. The molecule has 0 fully saturated rings. The van der Waals surface area contributed by atoms with E-state index in [2.05, 4.69) is 9.72 Å². The third-order valence-electron chi connectivity index (χ3n) is 2.54. The second-order valence-corrected chi connectivity index (χ2v) is 3.86. The predicted octanol–water partition coefficient (Wildman–Crippen LogP) is 2.81. The molecule has 2 rings (SSSR count).